The minimum Gasteiger partial charge on any atom is -0.456 e. The predicted molar refractivity (Wildman–Crippen MR) is 227 cm³/mol. The molecule has 11 aromatic rings. The van der Waals surface area contributed by atoms with Crippen LogP contribution in [0.25, 0.3) is 111 Å². The summed E-state index contributed by atoms with van der Waals surface area (Å²) in [5, 5.41) is 4.23. The Bertz CT molecular complexity index is 3240. The van der Waals surface area contributed by atoms with Gasteiger partial charge in [0.15, 0.2) is 17.5 Å². The van der Waals surface area contributed by atoms with Crippen LogP contribution in [0.15, 0.2) is 197 Å². The molecule has 0 saturated carbocycles. The number of aromatic nitrogens is 3. The van der Waals surface area contributed by atoms with Crippen molar-refractivity contribution in [1.29, 1.82) is 0 Å². The Kier molecular flexibility index (Phi) is 7.42. The number of nitrogens with zero attached hydrogens (tertiary/aromatic N) is 3. The van der Waals surface area contributed by atoms with Crippen LogP contribution < -0.4 is 0 Å². The molecular formula is C51H31N3O2. The number of hydrogen-bond donors (Lipinski definition) is 0. The molecule has 0 aliphatic rings. The van der Waals surface area contributed by atoms with Gasteiger partial charge < -0.3 is 8.83 Å². The first-order valence-corrected chi connectivity index (χ1v) is 18.7. The fourth-order valence-electron chi connectivity index (χ4n) is 7.87. The molecule has 5 nitrogen and oxygen atoms in total. The lowest BCUT2D eigenvalue weighted by atomic mass is 9.92. The van der Waals surface area contributed by atoms with E-state index in [9.17, 15) is 0 Å². The molecular weight excluding hydrogens is 687 g/mol. The topological polar surface area (TPSA) is 65.0 Å². The number of para-hydroxylation sites is 1. The molecule has 0 aliphatic carbocycles. The summed E-state index contributed by atoms with van der Waals surface area (Å²) < 4.78 is 13.2. The van der Waals surface area contributed by atoms with Gasteiger partial charge >= 0.3 is 0 Å². The van der Waals surface area contributed by atoms with Crippen LogP contribution in [0.4, 0.5) is 0 Å². The van der Waals surface area contributed by atoms with Crippen molar-refractivity contribution in [2.45, 2.75) is 0 Å². The number of rotatable bonds is 6. The second-order valence-electron chi connectivity index (χ2n) is 14.0. The summed E-state index contributed by atoms with van der Waals surface area (Å²) in [5.41, 5.74) is 12.6. The number of benzene rings is 8. The molecule has 0 N–H and O–H groups in total. The molecule has 3 aromatic heterocycles. The first kappa shape index (κ1) is 31.9. The van der Waals surface area contributed by atoms with E-state index < -0.39 is 0 Å². The Morgan fingerprint density at radius 2 is 0.768 bits per heavy atom. The largest absolute Gasteiger partial charge is 0.456 e. The molecule has 0 unspecified atom stereocenters. The van der Waals surface area contributed by atoms with Crippen LogP contribution in [0.3, 0.4) is 0 Å². The standard InChI is InChI=1S/C51H31N3O2/c1-4-14-32(15-5-1)35-20-12-21-36(28-35)50-52-49(34-18-8-3-9-19-34)53-51(54-50)37-26-27-41-45(30-37)56-44-25-13-23-39(47(41)44)42-29-38(33-16-6-2-7-17-33)31-46-48(42)40-22-10-11-24-43(40)55-46/h1-31H. The Morgan fingerprint density at radius 1 is 0.268 bits per heavy atom. The van der Waals surface area contributed by atoms with E-state index in [0.717, 1.165) is 93.9 Å². The van der Waals surface area contributed by atoms with Crippen molar-refractivity contribution in [3.05, 3.63) is 188 Å². The quantitative estimate of drug-likeness (QED) is 0.171. The lowest BCUT2D eigenvalue weighted by Crippen LogP contribution is -2.00. The molecule has 56 heavy (non-hydrogen) atoms. The zero-order chi connectivity index (χ0) is 37.0. The van der Waals surface area contributed by atoms with Crippen molar-refractivity contribution in [3.8, 4) is 67.5 Å². The molecule has 0 amide bonds. The monoisotopic (exact) mass is 717 g/mol. The minimum absolute atomic E-state index is 0.573. The SMILES string of the molecule is c1ccc(-c2cccc(-c3nc(-c4ccccc4)nc(-c4ccc5c(c4)oc4cccc(-c6cc(-c7ccccc7)cc7oc8ccccc8c67)c45)n3)c2)cc1. The van der Waals surface area contributed by atoms with Crippen molar-refractivity contribution in [2.24, 2.45) is 0 Å². The van der Waals surface area contributed by atoms with E-state index >= 15 is 0 Å². The number of hydrogen-bond acceptors (Lipinski definition) is 5. The Labute approximate surface area is 322 Å². The van der Waals surface area contributed by atoms with Crippen LogP contribution in [0.2, 0.25) is 0 Å². The third kappa shape index (κ3) is 5.45. The summed E-state index contributed by atoms with van der Waals surface area (Å²) in [6.45, 7) is 0. The van der Waals surface area contributed by atoms with Crippen molar-refractivity contribution in [1.82, 2.24) is 15.0 Å². The van der Waals surface area contributed by atoms with Gasteiger partial charge in [-0.2, -0.15) is 0 Å². The van der Waals surface area contributed by atoms with Gasteiger partial charge in [-0.05, 0) is 75.8 Å². The fraction of sp³-hybridized carbons (Fsp3) is 0. The van der Waals surface area contributed by atoms with Crippen LogP contribution in [0.1, 0.15) is 0 Å². The lowest BCUT2D eigenvalue weighted by molar-refractivity contribution is 0.668. The summed E-state index contributed by atoms with van der Waals surface area (Å²) >= 11 is 0. The van der Waals surface area contributed by atoms with E-state index in [-0.39, 0.29) is 0 Å². The zero-order valence-electron chi connectivity index (χ0n) is 30.1. The number of fused-ring (bicyclic) bond motifs is 6. The molecule has 5 heteroatoms. The highest BCUT2D eigenvalue weighted by molar-refractivity contribution is 6.20. The summed E-state index contributed by atoms with van der Waals surface area (Å²) in [7, 11) is 0. The Hall–Kier alpha value is -7.63. The van der Waals surface area contributed by atoms with E-state index in [0.29, 0.717) is 17.5 Å². The maximum atomic E-state index is 6.67. The highest BCUT2D eigenvalue weighted by Gasteiger charge is 2.21. The molecule has 8 aromatic carbocycles. The molecule has 0 aliphatic heterocycles. The molecule has 0 fully saturated rings. The van der Waals surface area contributed by atoms with E-state index in [2.05, 4.69) is 127 Å². The van der Waals surface area contributed by atoms with Crippen LogP contribution in [0, 0.1) is 0 Å². The van der Waals surface area contributed by atoms with Gasteiger partial charge in [0.2, 0.25) is 0 Å². The first-order valence-electron chi connectivity index (χ1n) is 18.7. The molecule has 262 valence electrons. The highest BCUT2D eigenvalue weighted by atomic mass is 16.3. The van der Waals surface area contributed by atoms with Crippen molar-refractivity contribution in [2.75, 3.05) is 0 Å². The second-order valence-corrected chi connectivity index (χ2v) is 14.0. The molecule has 0 saturated heterocycles. The number of furan rings is 2. The minimum atomic E-state index is 0.573. The van der Waals surface area contributed by atoms with Gasteiger partial charge in [0.1, 0.15) is 22.3 Å². The van der Waals surface area contributed by atoms with Gasteiger partial charge in [-0.1, -0.05) is 146 Å². The van der Waals surface area contributed by atoms with Gasteiger partial charge in [-0.15, -0.1) is 0 Å². The van der Waals surface area contributed by atoms with E-state index in [4.69, 9.17) is 23.8 Å². The van der Waals surface area contributed by atoms with Crippen LogP contribution in [-0.2, 0) is 0 Å². The summed E-state index contributed by atoms with van der Waals surface area (Å²) in [4.78, 5) is 15.1. The van der Waals surface area contributed by atoms with Gasteiger partial charge in [0, 0.05) is 38.2 Å². The maximum absolute atomic E-state index is 6.67. The van der Waals surface area contributed by atoms with Crippen LogP contribution in [0.5, 0.6) is 0 Å². The zero-order valence-corrected chi connectivity index (χ0v) is 30.1. The van der Waals surface area contributed by atoms with Gasteiger partial charge in [0.25, 0.3) is 0 Å². The van der Waals surface area contributed by atoms with Crippen LogP contribution >= 0.6 is 0 Å². The third-order valence-electron chi connectivity index (χ3n) is 10.5. The summed E-state index contributed by atoms with van der Waals surface area (Å²) in [5.74, 6) is 1.79. The molecule has 0 bridgehead atoms. The van der Waals surface area contributed by atoms with E-state index in [1.54, 1.807) is 0 Å². The van der Waals surface area contributed by atoms with Gasteiger partial charge in [-0.3, -0.25) is 0 Å². The molecule has 0 spiro atoms. The van der Waals surface area contributed by atoms with Gasteiger partial charge in [0.05, 0.1) is 0 Å². The average molecular weight is 718 g/mol. The van der Waals surface area contributed by atoms with Crippen LogP contribution in [-0.4, -0.2) is 15.0 Å². The van der Waals surface area contributed by atoms with E-state index in [1.807, 2.05) is 60.7 Å². The van der Waals surface area contributed by atoms with Gasteiger partial charge in [-0.25, -0.2) is 15.0 Å². The molecule has 3 heterocycles. The highest BCUT2D eigenvalue weighted by Crippen LogP contribution is 2.45. The van der Waals surface area contributed by atoms with Crippen molar-refractivity contribution >= 4 is 43.9 Å². The molecule has 0 atom stereocenters. The maximum Gasteiger partial charge on any atom is 0.164 e. The fourth-order valence-corrected chi connectivity index (χ4v) is 7.87. The molecule has 0 radical (unpaired) electrons. The van der Waals surface area contributed by atoms with Crippen molar-refractivity contribution < 1.29 is 8.83 Å². The molecule has 11 rings (SSSR count). The summed E-state index contributed by atoms with van der Waals surface area (Å²) in [6, 6.07) is 64.5. The predicted octanol–water partition coefficient (Wildman–Crippen LogP) is 13.7. The Balaban J connectivity index is 1.09. The van der Waals surface area contributed by atoms with Crippen molar-refractivity contribution in [3.63, 3.8) is 0 Å². The first-order chi connectivity index (χ1) is 27.7. The second kappa shape index (κ2) is 13.0. The Morgan fingerprint density at radius 3 is 1.52 bits per heavy atom. The average Bonchev–Trinajstić information content (AvgIpc) is 3.85. The third-order valence-corrected chi connectivity index (χ3v) is 10.5. The lowest BCUT2D eigenvalue weighted by Gasteiger charge is -2.10. The van der Waals surface area contributed by atoms with E-state index in [1.165, 1.54) is 0 Å². The normalized spacial score (nSPS) is 11.6. The smallest absolute Gasteiger partial charge is 0.164 e. The summed E-state index contributed by atoms with van der Waals surface area (Å²) in [6.07, 6.45) is 0.